The van der Waals surface area contributed by atoms with Gasteiger partial charge in [0.05, 0.1) is 11.0 Å². The maximum atomic E-state index is 9.45. The summed E-state index contributed by atoms with van der Waals surface area (Å²) in [6, 6.07) is 24.1. The molecule has 1 aliphatic rings. The molecule has 0 unspecified atom stereocenters. The van der Waals surface area contributed by atoms with Gasteiger partial charge in [0.15, 0.2) is 0 Å². The molecule has 9 rings (SSSR count). The number of furan rings is 1. The zero-order valence-electron chi connectivity index (χ0n) is 31.0. The first-order chi connectivity index (χ1) is 23.9. The number of hydrogen-bond donors (Lipinski definition) is 0. The molecule has 0 amide bonds. The molecule has 1 aromatic heterocycles. The third kappa shape index (κ3) is 3.03. The number of fused-ring (bicyclic) bond motifs is 8. The highest BCUT2D eigenvalue weighted by molar-refractivity contribution is 6.26. The van der Waals surface area contributed by atoms with Crippen LogP contribution in [-0.4, -0.2) is 0 Å². The second-order valence-corrected chi connectivity index (χ2v) is 11.4. The largest absolute Gasteiger partial charge is 0.456 e. The van der Waals surface area contributed by atoms with Crippen molar-refractivity contribution in [3.8, 4) is 33.4 Å². The summed E-state index contributed by atoms with van der Waals surface area (Å²) in [7, 11) is 0. The molecule has 0 spiro atoms. The van der Waals surface area contributed by atoms with Gasteiger partial charge in [-0.25, -0.2) is 0 Å². The van der Waals surface area contributed by atoms with Crippen molar-refractivity contribution in [3.05, 3.63) is 144 Å². The highest BCUT2D eigenvalue weighted by atomic mass is 16.3. The lowest BCUT2D eigenvalue weighted by atomic mass is 9.80. The van der Waals surface area contributed by atoms with E-state index in [2.05, 4.69) is 26.0 Å². The summed E-state index contributed by atoms with van der Waals surface area (Å²) in [6.45, 7) is 4.30. The van der Waals surface area contributed by atoms with Gasteiger partial charge in [0, 0.05) is 16.2 Å². The Hall–Kier alpha value is -5.14. The second-order valence-electron chi connectivity index (χ2n) is 11.4. The van der Waals surface area contributed by atoms with Gasteiger partial charge in [-0.2, -0.15) is 0 Å². The maximum absolute atomic E-state index is 9.45. The number of rotatable bonds is 2. The van der Waals surface area contributed by atoms with Gasteiger partial charge in [-0.05, 0) is 78.2 Å². The van der Waals surface area contributed by atoms with E-state index >= 15 is 0 Å². The van der Waals surface area contributed by atoms with E-state index in [1.165, 1.54) is 0 Å². The standard InChI is InChI=1S/C41H28O/c1-41(2)33-21-9-7-17-29(33)39-31(19-11-22-34(39)41)37-25-13-3-5-15-27(25)38(28-16-6-4-14-26(28)37)32-20-12-24-36-40(32)30-18-8-10-23-35(30)42-36/h3-24H,1-2H3/i3D,4D,5D,6D,13D,14D,15D,16D. The van der Waals surface area contributed by atoms with Crippen molar-refractivity contribution < 1.29 is 15.4 Å². The Balaban J connectivity index is 1.61. The van der Waals surface area contributed by atoms with E-state index in [0.29, 0.717) is 38.8 Å². The Labute approximate surface area is 255 Å². The van der Waals surface area contributed by atoms with Crippen LogP contribution in [0.3, 0.4) is 0 Å². The molecule has 0 aliphatic heterocycles. The zero-order valence-corrected chi connectivity index (χ0v) is 23.0. The molecule has 1 aliphatic carbocycles. The molecule has 0 saturated carbocycles. The van der Waals surface area contributed by atoms with Crippen LogP contribution < -0.4 is 0 Å². The molecule has 0 radical (unpaired) electrons. The summed E-state index contributed by atoms with van der Waals surface area (Å²) in [4.78, 5) is 0. The Morgan fingerprint density at radius 1 is 0.476 bits per heavy atom. The zero-order chi connectivity index (χ0) is 35.0. The van der Waals surface area contributed by atoms with Crippen molar-refractivity contribution >= 4 is 43.5 Å². The van der Waals surface area contributed by atoms with E-state index in [4.69, 9.17) is 9.90 Å². The molecule has 8 aromatic rings. The molecule has 1 heteroatoms. The molecule has 0 N–H and O–H groups in total. The Kier molecular flexibility index (Phi) is 3.41. The van der Waals surface area contributed by atoms with Crippen molar-refractivity contribution in [2.24, 2.45) is 0 Å². The van der Waals surface area contributed by atoms with Crippen LogP contribution in [0, 0.1) is 0 Å². The highest BCUT2D eigenvalue weighted by Gasteiger charge is 2.37. The summed E-state index contributed by atoms with van der Waals surface area (Å²) >= 11 is 0. The third-order valence-electron chi connectivity index (χ3n) is 8.92. The first-order valence-corrected chi connectivity index (χ1v) is 14.1. The van der Waals surface area contributed by atoms with Gasteiger partial charge in [0.1, 0.15) is 11.2 Å². The van der Waals surface area contributed by atoms with Gasteiger partial charge >= 0.3 is 0 Å². The average molecular weight is 545 g/mol. The molecular weight excluding hydrogens is 508 g/mol. The van der Waals surface area contributed by atoms with Crippen LogP contribution in [-0.2, 0) is 5.41 Å². The fourth-order valence-corrected chi connectivity index (χ4v) is 7.11. The molecule has 198 valence electrons. The Morgan fingerprint density at radius 2 is 1.00 bits per heavy atom. The predicted molar refractivity (Wildman–Crippen MR) is 177 cm³/mol. The topological polar surface area (TPSA) is 13.1 Å². The molecule has 42 heavy (non-hydrogen) atoms. The quantitative estimate of drug-likeness (QED) is 0.197. The lowest BCUT2D eigenvalue weighted by Gasteiger charge is -2.22. The van der Waals surface area contributed by atoms with Gasteiger partial charge in [0.25, 0.3) is 0 Å². The van der Waals surface area contributed by atoms with Crippen LogP contribution in [0.15, 0.2) is 138 Å². The van der Waals surface area contributed by atoms with Crippen LogP contribution in [0.2, 0.25) is 0 Å². The first kappa shape index (κ1) is 17.0. The fourth-order valence-electron chi connectivity index (χ4n) is 7.11. The minimum absolute atomic E-state index is 0.185. The van der Waals surface area contributed by atoms with Crippen molar-refractivity contribution in [3.63, 3.8) is 0 Å². The van der Waals surface area contributed by atoms with E-state index in [9.17, 15) is 5.48 Å². The summed E-state index contributed by atoms with van der Waals surface area (Å²) in [5, 5.41) is 2.24. The predicted octanol–water partition coefficient (Wildman–Crippen LogP) is 11.5. The van der Waals surface area contributed by atoms with Crippen LogP contribution >= 0.6 is 0 Å². The number of hydrogen-bond acceptors (Lipinski definition) is 1. The molecule has 1 heterocycles. The van der Waals surface area contributed by atoms with Gasteiger partial charge < -0.3 is 4.42 Å². The molecular formula is C41H28O. The summed E-state index contributed by atoms with van der Waals surface area (Å²) < 4.78 is 79.4. The normalized spacial score (nSPS) is 16.3. The van der Waals surface area contributed by atoms with E-state index in [1.54, 1.807) is 6.07 Å². The minimum atomic E-state index is -0.427. The van der Waals surface area contributed by atoms with Crippen molar-refractivity contribution in [2.75, 3.05) is 0 Å². The van der Waals surface area contributed by atoms with E-state index in [1.807, 2.05) is 66.7 Å². The molecule has 0 saturated heterocycles. The Morgan fingerprint density at radius 3 is 1.74 bits per heavy atom. The average Bonchev–Trinajstić information content (AvgIpc) is 3.62. The van der Waals surface area contributed by atoms with E-state index in [-0.39, 0.29) is 51.1 Å². The molecule has 1 nitrogen and oxygen atoms in total. The lowest BCUT2D eigenvalue weighted by Crippen LogP contribution is -2.14. The molecule has 0 fully saturated rings. The van der Waals surface area contributed by atoms with Crippen LogP contribution in [0.4, 0.5) is 0 Å². The molecule has 7 aromatic carbocycles. The van der Waals surface area contributed by atoms with Gasteiger partial charge in [0.2, 0.25) is 0 Å². The van der Waals surface area contributed by atoms with Crippen LogP contribution in [0.25, 0.3) is 76.9 Å². The summed E-state index contributed by atoms with van der Waals surface area (Å²) in [5.74, 6) is 0. The van der Waals surface area contributed by atoms with E-state index in [0.717, 1.165) is 27.6 Å². The van der Waals surface area contributed by atoms with Crippen molar-refractivity contribution in [1.82, 2.24) is 0 Å². The van der Waals surface area contributed by atoms with Gasteiger partial charge in [-0.1, -0.05) is 135 Å². The fraction of sp³-hybridized carbons (Fsp3) is 0.0732. The molecule has 0 bridgehead atoms. The van der Waals surface area contributed by atoms with Crippen molar-refractivity contribution in [1.29, 1.82) is 0 Å². The first-order valence-electron chi connectivity index (χ1n) is 18.1. The van der Waals surface area contributed by atoms with E-state index < -0.39 is 24.2 Å². The number of benzene rings is 7. The summed E-state index contributed by atoms with van der Waals surface area (Å²) in [5.41, 5.74) is 6.64. The Bertz CT molecular complexity index is 2750. The third-order valence-corrected chi connectivity index (χ3v) is 8.92. The van der Waals surface area contributed by atoms with Crippen LogP contribution in [0.1, 0.15) is 35.9 Å². The lowest BCUT2D eigenvalue weighted by molar-refractivity contribution is 0.660. The minimum Gasteiger partial charge on any atom is -0.456 e. The maximum Gasteiger partial charge on any atom is 0.136 e. The van der Waals surface area contributed by atoms with Crippen LogP contribution in [0.5, 0.6) is 0 Å². The SMILES string of the molecule is [2H]c1c([2H])c([2H])c2c(-c3cccc4oc5ccccc5c34)c3c([2H])c([2H])c([2H])c([2H])c3c(-c3cccc4c3-c3ccccc3C4(C)C)c2c1[2H]. The smallest absolute Gasteiger partial charge is 0.136 e. The number of para-hydroxylation sites is 1. The van der Waals surface area contributed by atoms with Gasteiger partial charge in [-0.3, -0.25) is 0 Å². The van der Waals surface area contributed by atoms with Gasteiger partial charge in [-0.15, -0.1) is 0 Å². The highest BCUT2D eigenvalue weighted by Crippen LogP contribution is 2.54. The monoisotopic (exact) mass is 544 g/mol. The summed E-state index contributed by atoms with van der Waals surface area (Å²) in [6.07, 6.45) is 0. The molecule has 0 atom stereocenters. The van der Waals surface area contributed by atoms with Crippen molar-refractivity contribution in [2.45, 2.75) is 19.3 Å². The second kappa shape index (κ2) is 8.44.